The van der Waals surface area contributed by atoms with Crippen molar-refractivity contribution < 1.29 is 17.2 Å². The van der Waals surface area contributed by atoms with Crippen LogP contribution in [0.3, 0.4) is 0 Å². The fourth-order valence-corrected chi connectivity index (χ4v) is 2.73. The number of nitrogens with one attached hydrogen (secondary N) is 1. The summed E-state index contributed by atoms with van der Waals surface area (Å²) in [4.78, 5) is 0.0243. The molecule has 3 nitrogen and oxygen atoms in total. The second kappa shape index (κ2) is 4.97. The molecule has 0 amide bonds. The molecule has 2 rings (SSSR count). The van der Waals surface area contributed by atoms with E-state index in [0.717, 1.165) is 17.7 Å². The summed E-state index contributed by atoms with van der Waals surface area (Å²) in [5.74, 6) is -1.73. The lowest BCUT2D eigenvalue weighted by Gasteiger charge is -2.09. The van der Waals surface area contributed by atoms with Crippen molar-refractivity contribution in [3.05, 3.63) is 59.7 Å². The summed E-state index contributed by atoms with van der Waals surface area (Å²) >= 11 is 0. The van der Waals surface area contributed by atoms with Crippen LogP contribution in [0.1, 0.15) is 5.56 Å². The van der Waals surface area contributed by atoms with E-state index in [0.29, 0.717) is 6.07 Å². The minimum absolute atomic E-state index is 0.0243. The largest absolute Gasteiger partial charge is 0.277 e. The van der Waals surface area contributed by atoms with Crippen molar-refractivity contribution in [1.29, 1.82) is 0 Å². The minimum Gasteiger partial charge on any atom is -0.277 e. The summed E-state index contributed by atoms with van der Waals surface area (Å²) in [7, 11) is -3.88. The van der Waals surface area contributed by atoms with Crippen molar-refractivity contribution in [2.75, 3.05) is 4.72 Å². The van der Waals surface area contributed by atoms with E-state index in [2.05, 4.69) is 4.72 Å². The average molecular weight is 283 g/mol. The highest BCUT2D eigenvalue weighted by Gasteiger charge is 2.16. The van der Waals surface area contributed by atoms with Crippen molar-refractivity contribution in [3.63, 3.8) is 0 Å². The van der Waals surface area contributed by atoms with Crippen molar-refractivity contribution in [2.24, 2.45) is 0 Å². The van der Waals surface area contributed by atoms with E-state index >= 15 is 0 Å². The number of halogens is 2. The number of sulfonamides is 1. The molecule has 19 heavy (non-hydrogen) atoms. The Morgan fingerprint density at radius 2 is 1.79 bits per heavy atom. The maximum Gasteiger partial charge on any atom is 0.261 e. The zero-order valence-corrected chi connectivity index (χ0v) is 10.8. The molecule has 1 N–H and O–H groups in total. The van der Waals surface area contributed by atoms with Crippen molar-refractivity contribution in [3.8, 4) is 0 Å². The monoisotopic (exact) mass is 283 g/mol. The van der Waals surface area contributed by atoms with Gasteiger partial charge in [-0.3, -0.25) is 4.72 Å². The van der Waals surface area contributed by atoms with E-state index in [-0.39, 0.29) is 10.6 Å². The Morgan fingerprint density at radius 1 is 1.05 bits per heavy atom. The van der Waals surface area contributed by atoms with Gasteiger partial charge < -0.3 is 0 Å². The summed E-state index contributed by atoms with van der Waals surface area (Å²) in [6.45, 7) is 1.75. The zero-order valence-electron chi connectivity index (χ0n) is 10.0. The van der Waals surface area contributed by atoms with Gasteiger partial charge in [0.2, 0.25) is 0 Å². The molecular weight excluding hydrogens is 272 g/mol. The van der Waals surface area contributed by atoms with Gasteiger partial charge in [-0.1, -0.05) is 12.1 Å². The van der Waals surface area contributed by atoms with Crippen molar-refractivity contribution >= 4 is 15.7 Å². The van der Waals surface area contributed by atoms with E-state index in [9.17, 15) is 17.2 Å². The van der Waals surface area contributed by atoms with Crippen LogP contribution in [-0.2, 0) is 10.0 Å². The number of rotatable bonds is 3. The van der Waals surface area contributed by atoms with Crippen LogP contribution in [0.4, 0.5) is 14.5 Å². The molecule has 0 unspecified atom stereocenters. The lowest BCUT2D eigenvalue weighted by Crippen LogP contribution is -2.14. The van der Waals surface area contributed by atoms with Gasteiger partial charge in [-0.05, 0) is 36.8 Å². The van der Waals surface area contributed by atoms with Gasteiger partial charge in [0.05, 0.1) is 10.6 Å². The number of benzene rings is 2. The molecule has 100 valence electrons. The van der Waals surface area contributed by atoms with Gasteiger partial charge >= 0.3 is 0 Å². The van der Waals surface area contributed by atoms with Crippen LogP contribution in [0.25, 0.3) is 0 Å². The molecule has 2 aromatic rings. The normalized spacial score (nSPS) is 11.3. The number of hydrogen-bond acceptors (Lipinski definition) is 2. The van der Waals surface area contributed by atoms with Gasteiger partial charge in [0.15, 0.2) is 0 Å². The van der Waals surface area contributed by atoms with E-state index in [1.807, 2.05) is 0 Å². The SMILES string of the molecule is Cc1cccc(S(=O)(=O)Nc2ccc(F)cc2F)c1. The molecule has 0 fully saturated rings. The van der Waals surface area contributed by atoms with Crippen LogP contribution in [0.5, 0.6) is 0 Å². The third-order valence-electron chi connectivity index (χ3n) is 2.48. The predicted octanol–water partition coefficient (Wildman–Crippen LogP) is 3.07. The van der Waals surface area contributed by atoms with E-state index in [1.54, 1.807) is 19.1 Å². The number of hydrogen-bond donors (Lipinski definition) is 1. The molecule has 0 heterocycles. The molecule has 0 saturated heterocycles. The van der Waals surface area contributed by atoms with Crippen molar-refractivity contribution in [2.45, 2.75) is 11.8 Å². The van der Waals surface area contributed by atoms with Gasteiger partial charge in [0.25, 0.3) is 10.0 Å². The first kappa shape index (κ1) is 13.5. The maximum absolute atomic E-state index is 13.4. The highest BCUT2D eigenvalue weighted by molar-refractivity contribution is 7.92. The number of aryl methyl sites for hydroxylation is 1. The molecule has 0 aromatic heterocycles. The minimum atomic E-state index is -3.88. The Labute approximate surface area is 109 Å². The fraction of sp³-hybridized carbons (Fsp3) is 0.0769. The summed E-state index contributed by atoms with van der Waals surface area (Å²) in [5, 5.41) is 0. The Morgan fingerprint density at radius 3 is 2.42 bits per heavy atom. The van der Waals surface area contributed by atoms with Crippen LogP contribution >= 0.6 is 0 Å². The van der Waals surface area contributed by atoms with Crippen LogP contribution in [-0.4, -0.2) is 8.42 Å². The van der Waals surface area contributed by atoms with Gasteiger partial charge in [0.1, 0.15) is 11.6 Å². The molecular formula is C13H11F2NO2S. The predicted molar refractivity (Wildman–Crippen MR) is 68.3 cm³/mol. The molecule has 0 spiro atoms. The molecule has 0 aliphatic carbocycles. The van der Waals surface area contributed by atoms with E-state index in [1.165, 1.54) is 12.1 Å². The van der Waals surface area contributed by atoms with Crippen molar-refractivity contribution in [1.82, 2.24) is 0 Å². The molecule has 0 aliphatic rings. The maximum atomic E-state index is 13.4. The average Bonchev–Trinajstić information content (AvgIpc) is 2.33. The summed E-state index contributed by atoms with van der Waals surface area (Å²) in [6, 6.07) is 8.84. The van der Waals surface area contributed by atoms with Crippen LogP contribution < -0.4 is 4.72 Å². The quantitative estimate of drug-likeness (QED) is 0.941. The summed E-state index contributed by atoms with van der Waals surface area (Å²) in [6.07, 6.45) is 0. The molecule has 0 radical (unpaired) electrons. The van der Waals surface area contributed by atoms with E-state index in [4.69, 9.17) is 0 Å². The highest BCUT2D eigenvalue weighted by Crippen LogP contribution is 2.20. The molecule has 0 bridgehead atoms. The molecule has 2 aromatic carbocycles. The highest BCUT2D eigenvalue weighted by atomic mass is 32.2. The lowest BCUT2D eigenvalue weighted by molar-refractivity contribution is 0.583. The molecule has 6 heteroatoms. The van der Waals surface area contributed by atoms with Gasteiger partial charge in [0, 0.05) is 6.07 Å². The first-order chi connectivity index (χ1) is 8.88. The Hall–Kier alpha value is -1.95. The Kier molecular flexibility index (Phi) is 3.53. The molecule has 0 atom stereocenters. The second-order valence-corrected chi connectivity index (χ2v) is 5.73. The molecule has 0 aliphatic heterocycles. The fourth-order valence-electron chi connectivity index (χ4n) is 1.56. The topological polar surface area (TPSA) is 46.2 Å². The zero-order chi connectivity index (χ0) is 14.0. The van der Waals surface area contributed by atoms with Gasteiger partial charge in [-0.15, -0.1) is 0 Å². The third kappa shape index (κ3) is 3.08. The second-order valence-electron chi connectivity index (χ2n) is 4.05. The van der Waals surface area contributed by atoms with Gasteiger partial charge in [-0.25, -0.2) is 17.2 Å². The third-order valence-corrected chi connectivity index (χ3v) is 3.84. The smallest absolute Gasteiger partial charge is 0.261 e. The van der Waals surface area contributed by atoms with Crippen LogP contribution in [0.2, 0.25) is 0 Å². The van der Waals surface area contributed by atoms with Crippen LogP contribution in [0, 0.1) is 18.6 Å². The van der Waals surface area contributed by atoms with Crippen LogP contribution in [0.15, 0.2) is 47.4 Å². The first-order valence-corrected chi connectivity index (χ1v) is 6.91. The summed E-state index contributed by atoms with van der Waals surface area (Å²) in [5.41, 5.74) is 0.477. The van der Waals surface area contributed by atoms with E-state index < -0.39 is 21.7 Å². The standard InChI is InChI=1S/C13H11F2NO2S/c1-9-3-2-4-11(7-9)19(17,18)16-13-6-5-10(14)8-12(13)15/h2-8,16H,1H3. The molecule has 0 saturated carbocycles. The number of anilines is 1. The lowest BCUT2D eigenvalue weighted by atomic mass is 10.2. The Bertz CT molecular complexity index is 714. The Balaban J connectivity index is 2.36. The summed E-state index contributed by atoms with van der Waals surface area (Å²) < 4.78 is 52.3. The first-order valence-electron chi connectivity index (χ1n) is 5.43. The van der Waals surface area contributed by atoms with Gasteiger partial charge in [-0.2, -0.15) is 0 Å².